The Balaban J connectivity index is 3.08. The van der Waals surface area contributed by atoms with E-state index < -0.39 is 0 Å². The molecule has 0 saturated heterocycles. The van der Waals surface area contributed by atoms with E-state index in [2.05, 4.69) is 41.5 Å². The monoisotopic (exact) mass is 346 g/mol. The van der Waals surface area contributed by atoms with Gasteiger partial charge >= 0.3 is 0 Å². The Bertz CT molecular complexity index is 238. The molecule has 0 rings (SSSR count). The molecular weight excluding hydrogens is 304 g/mol. The number of rotatable bonds is 15. The van der Waals surface area contributed by atoms with Crippen LogP contribution in [-0.4, -0.2) is 51.8 Å². The van der Waals surface area contributed by atoms with Crippen molar-refractivity contribution in [3.8, 4) is 0 Å². The van der Waals surface area contributed by atoms with Gasteiger partial charge in [-0.25, -0.2) is 0 Å². The first kappa shape index (κ1) is 23.8. The van der Waals surface area contributed by atoms with Gasteiger partial charge in [-0.1, -0.05) is 20.8 Å². The van der Waals surface area contributed by atoms with Crippen LogP contribution in [0.2, 0.25) is 0 Å². The Hall–Kier alpha value is -0.160. The summed E-state index contributed by atoms with van der Waals surface area (Å²) in [5.74, 6) is 0. The van der Waals surface area contributed by atoms with E-state index in [-0.39, 0.29) is 5.60 Å². The number of hydrogen-bond donors (Lipinski definition) is 0. The molecule has 0 aliphatic heterocycles. The molecule has 0 heterocycles. The van der Waals surface area contributed by atoms with Gasteiger partial charge in [0.15, 0.2) is 0 Å². The molecule has 0 fully saturated rings. The molecule has 4 heteroatoms. The van der Waals surface area contributed by atoms with Crippen LogP contribution < -0.4 is 0 Å². The smallest absolute Gasteiger partial charge is 0.0598 e. The highest BCUT2D eigenvalue weighted by Gasteiger charge is 2.09. The maximum atomic E-state index is 5.64. The van der Waals surface area contributed by atoms with Crippen LogP contribution in [-0.2, 0) is 18.9 Å². The summed E-state index contributed by atoms with van der Waals surface area (Å²) in [5.41, 5.74) is 0.359. The van der Waals surface area contributed by atoms with Gasteiger partial charge in [-0.15, -0.1) is 0 Å². The van der Waals surface area contributed by atoms with E-state index in [9.17, 15) is 0 Å². The van der Waals surface area contributed by atoms with Crippen molar-refractivity contribution in [2.45, 2.75) is 79.2 Å². The zero-order valence-electron chi connectivity index (χ0n) is 17.1. The van der Waals surface area contributed by atoms with Crippen molar-refractivity contribution in [3.05, 3.63) is 0 Å². The molecule has 4 nitrogen and oxygen atoms in total. The van der Waals surface area contributed by atoms with Gasteiger partial charge in [0, 0.05) is 46.2 Å². The molecule has 0 radical (unpaired) electrons. The highest BCUT2D eigenvalue weighted by Crippen LogP contribution is 2.20. The minimum Gasteiger partial charge on any atom is -0.381 e. The fourth-order valence-corrected chi connectivity index (χ4v) is 2.08. The van der Waals surface area contributed by atoms with E-state index in [1.165, 1.54) is 6.42 Å². The summed E-state index contributed by atoms with van der Waals surface area (Å²) in [6.45, 7) is 18.5. The molecule has 0 aromatic carbocycles. The third-order valence-corrected chi connectivity index (χ3v) is 3.34. The maximum absolute atomic E-state index is 5.64. The minimum absolute atomic E-state index is 0.0514. The fourth-order valence-electron chi connectivity index (χ4n) is 2.08. The van der Waals surface area contributed by atoms with E-state index in [1.54, 1.807) is 0 Å². The molecule has 0 aliphatic rings. The molecule has 0 unspecified atom stereocenters. The van der Waals surface area contributed by atoms with Crippen LogP contribution in [0, 0.1) is 5.41 Å². The van der Waals surface area contributed by atoms with E-state index in [1.807, 2.05) is 0 Å². The van der Waals surface area contributed by atoms with Crippen molar-refractivity contribution in [1.29, 1.82) is 0 Å². The van der Waals surface area contributed by atoms with E-state index in [4.69, 9.17) is 18.9 Å². The summed E-state index contributed by atoms with van der Waals surface area (Å²) < 4.78 is 22.4. The summed E-state index contributed by atoms with van der Waals surface area (Å²) in [6.07, 6.45) is 5.23. The van der Waals surface area contributed by atoms with Gasteiger partial charge in [0.05, 0.1) is 5.60 Å². The van der Waals surface area contributed by atoms with Gasteiger partial charge in [0.25, 0.3) is 0 Å². The Morgan fingerprint density at radius 2 is 0.875 bits per heavy atom. The SMILES string of the molecule is CC(C)(C)CCCOCCCOCCCOCCCOC(C)(C)C. The van der Waals surface area contributed by atoms with Crippen molar-refractivity contribution in [2.75, 3.05) is 46.2 Å². The third kappa shape index (κ3) is 21.8. The maximum Gasteiger partial charge on any atom is 0.0598 e. The average molecular weight is 347 g/mol. The molecule has 0 amide bonds. The van der Waals surface area contributed by atoms with Crippen molar-refractivity contribution in [3.63, 3.8) is 0 Å². The predicted molar refractivity (Wildman–Crippen MR) is 101 cm³/mol. The molecule has 0 bridgehead atoms. The zero-order chi connectivity index (χ0) is 18.3. The summed E-state index contributed by atoms with van der Waals surface area (Å²) in [4.78, 5) is 0. The summed E-state index contributed by atoms with van der Waals surface area (Å²) in [5, 5.41) is 0. The molecule has 0 aromatic rings. The first-order chi connectivity index (χ1) is 11.2. The van der Waals surface area contributed by atoms with Crippen molar-refractivity contribution >= 4 is 0 Å². The van der Waals surface area contributed by atoms with Crippen LogP contribution in [0.1, 0.15) is 73.6 Å². The van der Waals surface area contributed by atoms with Crippen LogP contribution >= 0.6 is 0 Å². The van der Waals surface area contributed by atoms with E-state index in [0.29, 0.717) is 5.41 Å². The van der Waals surface area contributed by atoms with Gasteiger partial charge in [-0.05, 0) is 58.3 Å². The molecule has 0 saturated carbocycles. The lowest BCUT2D eigenvalue weighted by atomic mass is 9.91. The predicted octanol–water partition coefficient (Wildman–Crippen LogP) is 4.85. The van der Waals surface area contributed by atoms with Crippen LogP contribution in [0.15, 0.2) is 0 Å². The zero-order valence-corrected chi connectivity index (χ0v) is 17.1. The van der Waals surface area contributed by atoms with Crippen LogP contribution in [0.25, 0.3) is 0 Å². The molecule has 0 aromatic heterocycles. The topological polar surface area (TPSA) is 36.9 Å². The standard InChI is InChI=1S/C20H42O4/c1-19(2,3)11-7-12-21-13-8-14-22-15-9-16-23-17-10-18-24-20(4,5)6/h7-18H2,1-6H3. The van der Waals surface area contributed by atoms with Gasteiger partial charge < -0.3 is 18.9 Å². The van der Waals surface area contributed by atoms with Crippen molar-refractivity contribution in [1.82, 2.24) is 0 Å². The Labute approximate surface area is 150 Å². The van der Waals surface area contributed by atoms with E-state index >= 15 is 0 Å². The second-order valence-electron chi connectivity index (χ2n) is 8.52. The summed E-state index contributed by atoms with van der Waals surface area (Å²) in [7, 11) is 0. The molecule has 0 N–H and O–H groups in total. The van der Waals surface area contributed by atoms with E-state index in [0.717, 1.165) is 71.9 Å². The van der Waals surface area contributed by atoms with Gasteiger partial charge in [-0.3, -0.25) is 0 Å². The molecular formula is C20H42O4. The molecule has 0 aliphatic carbocycles. The molecule has 24 heavy (non-hydrogen) atoms. The quantitative estimate of drug-likeness (QED) is 0.397. The van der Waals surface area contributed by atoms with Crippen LogP contribution in [0.4, 0.5) is 0 Å². The molecule has 0 spiro atoms. The van der Waals surface area contributed by atoms with Crippen molar-refractivity contribution in [2.24, 2.45) is 5.41 Å². The molecule has 0 atom stereocenters. The minimum atomic E-state index is -0.0514. The number of hydrogen-bond acceptors (Lipinski definition) is 4. The number of ether oxygens (including phenoxy) is 4. The van der Waals surface area contributed by atoms with Crippen molar-refractivity contribution < 1.29 is 18.9 Å². The third-order valence-electron chi connectivity index (χ3n) is 3.34. The summed E-state index contributed by atoms with van der Waals surface area (Å²) >= 11 is 0. The largest absolute Gasteiger partial charge is 0.381 e. The van der Waals surface area contributed by atoms with Crippen LogP contribution in [0.3, 0.4) is 0 Å². The van der Waals surface area contributed by atoms with Gasteiger partial charge in [0.2, 0.25) is 0 Å². The Kier molecular flexibility index (Phi) is 14.0. The highest BCUT2D eigenvalue weighted by molar-refractivity contribution is 4.60. The summed E-state index contributed by atoms with van der Waals surface area (Å²) in [6, 6.07) is 0. The lowest BCUT2D eigenvalue weighted by Crippen LogP contribution is -2.20. The second kappa shape index (κ2) is 14.1. The second-order valence-corrected chi connectivity index (χ2v) is 8.52. The molecule has 146 valence electrons. The highest BCUT2D eigenvalue weighted by atomic mass is 16.5. The van der Waals surface area contributed by atoms with Crippen LogP contribution in [0.5, 0.6) is 0 Å². The lowest BCUT2D eigenvalue weighted by Gasteiger charge is -2.19. The first-order valence-corrected chi connectivity index (χ1v) is 9.58. The first-order valence-electron chi connectivity index (χ1n) is 9.58. The average Bonchev–Trinajstić information content (AvgIpc) is 2.44. The van der Waals surface area contributed by atoms with Gasteiger partial charge in [0.1, 0.15) is 0 Å². The Morgan fingerprint density at radius 3 is 1.25 bits per heavy atom. The normalized spacial score (nSPS) is 12.8. The fraction of sp³-hybridized carbons (Fsp3) is 1.00. The van der Waals surface area contributed by atoms with Gasteiger partial charge in [-0.2, -0.15) is 0 Å². The Morgan fingerprint density at radius 1 is 0.500 bits per heavy atom. The lowest BCUT2D eigenvalue weighted by molar-refractivity contribution is -0.0150.